The third kappa shape index (κ3) is 4.27. The lowest BCUT2D eigenvalue weighted by Crippen LogP contribution is -3.18. The van der Waals surface area contributed by atoms with Crippen molar-refractivity contribution in [1.82, 2.24) is 4.90 Å². The summed E-state index contributed by atoms with van der Waals surface area (Å²) < 4.78 is 10.6. The highest BCUT2D eigenvalue weighted by Crippen LogP contribution is 2.24. The Morgan fingerprint density at radius 2 is 1.72 bits per heavy atom. The lowest BCUT2D eigenvalue weighted by atomic mass is 9.86. The van der Waals surface area contributed by atoms with Gasteiger partial charge in [0.2, 0.25) is 0 Å². The molecule has 0 unspecified atom stereocenters. The van der Waals surface area contributed by atoms with E-state index in [1.165, 1.54) is 25.7 Å². The second-order valence-electron chi connectivity index (χ2n) is 7.52. The first-order valence-electron chi connectivity index (χ1n) is 9.47. The van der Waals surface area contributed by atoms with E-state index in [2.05, 4.69) is 6.92 Å². The molecule has 0 aromatic heterocycles. The molecule has 1 saturated carbocycles. The summed E-state index contributed by atoms with van der Waals surface area (Å²) in [6, 6.07) is 6.18. The van der Waals surface area contributed by atoms with Crippen LogP contribution in [0, 0.1) is 5.92 Å². The van der Waals surface area contributed by atoms with Gasteiger partial charge in [0, 0.05) is 18.1 Å². The molecule has 1 saturated heterocycles. The molecule has 2 fully saturated rings. The highest BCUT2D eigenvalue weighted by Gasteiger charge is 2.32. The fourth-order valence-corrected chi connectivity index (χ4v) is 4.32. The first-order chi connectivity index (χ1) is 12.1. The van der Waals surface area contributed by atoms with Gasteiger partial charge in [0.15, 0.2) is 0 Å². The molecule has 25 heavy (non-hydrogen) atoms. The van der Waals surface area contributed by atoms with Crippen LogP contribution in [-0.2, 0) is 0 Å². The summed E-state index contributed by atoms with van der Waals surface area (Å²) in [6.45, 7) is 6.16. The summed E-state index contributed by atoms with van der Waals surface area (Å²) in [7, 11) is 3.21. The number of amides is 1. The smallest absolute Gasteiger partial charge is 0.254 e. The molecule has 1 aromatic rings. The minimum absolute atomic E-state index is 0.0771. The number of nitrogens with one attached hydrogen (secondary N) is 1. The predicted octanol–water partition coefficient (Wildman–Crippen LogP) is 1.62. The zero-order chi connectivity index (χ0) is 17.8. The maximum absolute atomic E-state index is 12.9. The molecule has 0 bridgehead atoms. The first-order valence-corrected chi connectivity index (χ1v) is 9.47. The molecule has 2 aliphatic rings. The van der Waals surface area contributed by atoms with E-state index >= 15 is 0 Å². The number of carbonyl (C=O) groups excluding carboxylic acids is 1. The number of carbonyl (C=O) groups is 1. The standard InChI is InChI=1S/C20H30N2O3/c1-15-5-4-6-17(11-15)21-7-9-22(10-8-21)20(23)16-12-18(24-2)14-19(13-16)25-3/h12-15,17H,4-11H2,1-3H3/p+1/t15-,17+/m0/s1. The van der Waals surface area contributed by atoms with E-state index < -0.39 is 0 Å². The van der Waals surface area contributed by atoms with Crippen LogP contribution in [-0.4, -0.2) is 57.2 Å². The number of ether oxygens (including phenoxy) is 2. The minimum Gasteiger partial charge on any atom is -0.497 e. The van der Waals surface area contributed by atoms with Crippen LogP contribution < -0.4 is 14.4 Å². The number of hydrogen-bond acceptors (Lipinski definition) is 3. The normalized spacial score (nSPS) is 24.8. The molecular weight excluding hydrogens is 316 g/mol. The van der Waals surface area contributed by atoms with Crippen LogP contribution >= 0.6 is 0 Å². The Morgan fingerprint density at radius 1 is 1.08 bits per heavy atom. The number of quaternary nitrogens is 1. The van der Waals surface area contributed by atoms with Gasteiger partial charge in [-0.15, -0.1) is 0 Å². The average Bonchev–Trinajstić information content (AvgIpc) is 2.67. The monoisotopic (exact) mass is 347 g/mol. The lowest BCUT2D eigenvalue weighted by Gasteiger charge is -2.39. The van der Waals surface area contributed by atoms with Crippen molar-refractivity contribution in [2.24, 2.45) is 5.92 Å². The number of rotatable bonds is 4. The predicted molar refractivity (Wildman–Crippen MR) is 97.6 cm³/mol. The van der Waals surface area contributed by atoms with Gasteiger partial charge in [-0.25, -0.2) is 0 Å². The van der Waals surface area contributed by atoms with E-state index in [0.29, 0.717) is 17.1 Å². The number of nitrogens with zero attached hydrogens (tertiary/aromatic N) is 1. The summed E-state index contributed by atoms with van der Waals surface area (Å²) in [5.74, 6) is 2.25. The third-order valence-electron chi connectivity index (χ3n) is 5.81. The van der Waals surface area contributed by atoms with Crippen molar-refractivity contribution < 1.29 is 19.2 Å². The SMILES string of the molecule is COc1cc(OC)cc(C(=O)N2CC[NH+]([C@@H]3CCC[C@H](C)C3)CC2)c1. The van der Waals surface area contributed by atoms with Crippen molar-refractivity contribution in [2.75, 3.05) is 40.4 Å². The second-order valence-corrected chi connectivity index (χ2v) is 7.52. The number of hydrogen-bond donors (Lipinski definition) is 1. The van der Waals surface area contributed by atoms with Crippen LogP contribution in [0.4, 0.5) is 0 Å². The molecule has 0 radical (unpaired) electrons. The van der Waals surface area contributed by atoms with Gasteiger partial charge in [-0.05, 0) is 30.9 Å². The molecule has 5 heteroatoms. The quantitative estimate of drug-likeness (QED) is 0.900. The fraction of sp³-hybridized carbons (Fsp3) is 0.650. The molecule has 1 N–H and O–H groups in total. The van der Waals surface area contributed by atoms with Crippen molar-refractivity contribution >= 4 is 5.91 Å². The topological polar surface area (TPSA) is 43.2 Å². The highest BCUT2D eigenvalue weighted by atomic mass is 16.5. The highest BCUT2D eigenvalue weighted by molar-refractivity contribution is 5.95. The van der Waals surface area contributed by atoms with Gasteiger partial charge in [0.05, 0.1) is 46.4 Å². The Hall–Kier alpha value is -1.75. The van der Waals surface area contributed by atoms with Gasteiger partial charge in [-0.3, -0.25) is 4.79 Å². The Labute approximate surface area is 150 Å². The molecule has 2 atom stereocenters. The molecule has 3 rings (SSSR count). The molecule has 1 amide bonds. The molecule has 1 heterocycles. The van der Waals surface area contributed by atoms with Crippen LogP contribution in [0.2, 0.25) is 0 Å². The Kier molecular flexibility index (Phi) is 5.84. The van der Waals surface area contributed by atoms with Crippen molar-refractivity contribution in [3.05, 3.63) is 23.8 Å². The van der Waals surface area contributed by atoms with Crippen LogP contribution in [0.15, 0.2) is 18.2 Å². The van der Waals surface area contributed by atoms with Crippen molar-refractivity contribution in [1.29, 1.82) is 0 Å². The van der Waals surface area contributed by atoms with E-state index in [1.807, 2.05) is 4.90 Å². The maximum Gasteiger partial charge on any atom is 0.254 e. The van der Waals surface area contributed by atoms with Crippen molar-refractivity contribution in [2.45, 2.75) is 38.6 Å². The molecular formula is C20H31N2O3+. The maximum atomic E-state index is 12.9. The first kappa shape index (κ1) is 18.1. The van der Waals surface area contributed by atoms with Gasteiger partial charge >= 0.3 is 0 Å². The van der Waals surface area contributed by atoms with Crippen LogP contribution in [0.5, 0.6) is 11.5 Å². The summed E-state index contributed by atoms with van der Waals surface area (Å²) >= 11 is 0. The Balaban J connectivity index is 1.61. The van der Waals surface area contributed by atoms with E-state index in [4.69, 9.17) is 9.47 Å². The fourth-order valence-electron chi connectivity index (χ4n) is 4.32. The minimum atomic E-state index is 0.0771. The zero-order valence-corrected chi connectivity index (χ0v) is 15.7. The Morgan fingerprint density at radius 3 is 2.28 bits per heavy atom. The summed E-state index contributed by atoms with van der Waals surface area (Å²) in [4.78, 5) is 16.5. The molecule has 1 aliphatic carbocycles. The zero-order valence-electron chi connectivity index (χ0n) is 15.7. The number of methoxy groups -OCH3 is 2. The Bertz CT molecular complexity index is 574. The van der Waals surface area contributed by atoms with Gasteiger partial charge in [0.1, 0.15) is 11.5 Å². The molecule has 1 aliphatic heterocycles. The molecule has 138 valence electrons. The van der Waals surface area contributed by atoms with E-state index in [0.717, 1.165) is 38.1 Å². The number of benzene rings is 1. The average molecular weight is 347 g/mol. The van der Waals surface area contributed by atoms with Crippen LogP contribution in [0.25, 0.3) is 0 Å². The largest absolute Gasteiger partial charge is 0.497 e. The summed E-state index contributed by atoms with van der Waals surface area (Å²) in [5.41, 5.74) is 0.644. The van der Waals surface area contributed by atoms with Gasteiger partial charge < -0.3 is 19.3 Å². The summed E-state index contributed by atoms with van der Waals surface area (Å²) in [6.07, 6.45) is 5.44. The van der Waals surface area contributed by atoms with Gasteiger partial charge in [-0.2, -0.15) is 0 Å². The number of piperazine rings is 1. The van der Waals surface area contributed by atoms with E-state index in [1.54, 1.807) is 37.3 Å². The molecule has 0 spiro atoms. The summed E-state index contributed by atoms with van der Waals surface area (Å²) in [5, 5.41) is 0. The van der Waals surface area contributed by atoms with Gasteiger partial charge in [0.25, 0.3) is 5.91 Å². The van der Waals surface area contributed by atoms with Gasteiger partial charge in [-0.1, -0.05) is 13.3 Å². The molecule has 5 nitrogen and oxygen atoms in total. The van der Waals surface area contributed by atoms with Crippen molar-refractivity contribution in [3.8, 4) is 11.5 Å². The van der Waals surface area contributed by atoms with Crippen LogP contribution in [0.1, 0.15) is 43.0 Å². The van der Waals surface area contributed by atoms with E-state index in [-0.39, 0.29) is 5.91 Å². The van der Waals surface area contributed by atoms with E-state index in [9.17, 15) is 4.79 Å². The molecule has 1 aromatic carbocycles. The van der Waals surface area contributed by atoms with Crippen LogP contribution in [0.3, 0.4) is 0 Å². The lowest BCUT2D eigenvalue weighted by molar-refractivity contribution is -0.930. The van der Waals surface area contributed by atoms with Crippen molar-refractivity contribution in [3.63, 3.8) is 0 Å². The second kappa shape index (κ2) is 8.09. The third-order valence-corrected chi connectivity index (χ3v) is 5.81.